The average molecular weight is 257 g/mol. The number of benzene rings is 1. The van der Waals surface area contributed by atoms with Crippen LogP contribution in [0.3, 0.4) is 0 Å². The highest BCUT2D eigenvalue weighted by Crippen LogP contribution is 2.21. The summed E-state index contributed by atoms with van der Waals surface area (Å²) in [5, 5.41) is 12.7. The SMILES string of the molecule is COC(C)(C)c1noc(Cc2ccc(C#N)cc2)n1. The second-order valence-electron chi connectivity index (χ2n) is 4.71. The van der Waals surface area contributed by atoms with Crippen molar-refractivity contribution >= 4 is 0 Å². The molecule has 5 nitrogen and oxygen atoms in total. The maximum Gasteiger partial charge on any atom is 0.231 e. The minimum Gasteiger partial charge on any atom is -0.371 e. The Hall–Kier alpha value is -2.19. The molecule has 0 saturated heterocycles. The maximum atomic E-state index is 8.73. The van der Waals surface area contributed by atoms with Gasteiger partial charge in [0.25, 0.3) is 0 Å². The summed E-state index contributed by atoms with van der Waals surface area (Å²) in [5.41, 5.74) is 1.09. The van der Waals surface area contributed by atoms with Crippen LogP contribution >= 0.6 is 0 Å². The zero-order chi connectivity index (χ0) is 13.9. The van der Waals surface area contributed by atoms with E-state index in [9.17, 15) is 0 Å². The number of nitriles is 1. The molecule has 0 bridgehead atoms. The molecule has 98 valence electrons. The lowest BCUT2D eigenvalue weighted by Crippen LogP contribution is -2.21. The number of hydrogen-bond acceptors (Lipinski definition) is 5. The Morgan fingerprint density at radius 3 is 2.58 bits per heavy atom. The second kappa shape index (κ2) is 5.21. The van der Waals surface area contributed by atoms with E-state index >= 15 is 0 Å². The van der Waals surface area contributed by atoms with Gasteiger partial charge in [-0.3, -0.25) is 0 Å². The summed E-state index contributed by atoms with van der Waals surface area (Å²) in [6.07, 6.45) is 0.540. The van der Waals surface area contributed by atoms with Gasteiger partial charge in [-0.05, 0) is 31.5 Å². The first-order valence-electron chi connectivity index (χ1n) is 5.92. The van der Waals surface area contributed by atoms with E-state index in [1.165, 1.54) is 0 Å². The second-order valence-corrected chi connectivity index (χ2v) is 4.71. The molecule has 0 radical (unpaired) electrons. The first-order chi connectivity index (χ1) is 9.05. The molecule has 0 spiro atoms. The van der Waals surface area contributed by atoms with E-state index in [1.807, 2.05) is 26.0 Å². The van der Waals surface area contributed by atoms with Crippen LogP contribution < -0.4 is 0 Å². The van der Waals surface area contributed by atoms with Crippen LogP contribution in [0.5, 0.6) is 0 Å². The minimum absolute atomic E-state index is 0.527. The number of nitrogens with zero attached hydrogens (tertiary/aromatic N) is 3. The van der Waals surface area contributed by atoms with Crippen molar-refractivity contribution in [2.75, 3.05) is 7.11 Å². The third-order valence-electron chi connectivity index (χ3n) is 2.96. The summed E-state index contributed by atoms with van der Waals surface area (Å²) < 4.78 is 10.5. The molecule has 0 saturated carbocycles. The lowest BCUT2D eigenvalue weighted by molar-refractivity contribution is 0.00973. The van der Waals surface area contributed by atoms with Gasteiger partial charge in [-0.25, -0.2) is 0 Å². The van der Waals surface area contributed by atoms with Crippen LogP contribution in [0.4, 0.5) is 0 Å². The molecule has 5 heteroatoms. The van der Waals surface area contributed by atoms with E-state index in [4.69, 9.17) is 14.5 Å². The summed E-state index contributed by atoms with van der Waals surface area (Å²) in [5.74, 6) is 1.06. The van der Waals surface area contributed by atoms with E-state index in [0.29, 0.717) is 23.7 Å². The standard InChI is InChI=1S/C14H15N3O2/c1-14(2,18-3)13-16-12(19-17-13)8-10-4-6-11(9-15)7-5-10/h4-7H,8H2,1-3H3. The zero-order valence-corrected chi connectivity index (χ0v) is 11.2. The summed E-state index contributed by atoms with van der Waals surface area (Å²) >= 11 is 0. The van der Waals surface area contributed by atoms with Gasteiger partial charge < -0.3 is 9.26 Å². The molecule has 0 aliphatic rings. The van der Waals surface area contributed by atoms with Gasteiger partial charge in [0.05, 0.1) is 18.1 Å². The summed E-state index contributed by atoms with van der Waals surface area (Å²) in [4.78, 5) is 4.32. The molecule has 0 N–H and O–H groups in total. The van der Waals surface area contributed by atoms with E-state index in [2.05, 4.69) is 16.2 Å². The number of methoxy groups -OCH3 is 1. The van der Waals surface area contributed by atoms with E-state index in [1.54, 1.807) is 19.2 Å². The van der Waals surface area contributed by atoms with Crippen molar-refractivity contribution < 1.29 is 9.26 Å². The lowest BCUT2D eigenvalue weighted by Gasteiger charge is -2.17. The molecule has 1 aromatic carbocycles. The fraction of sp³-hybridized carbons (Fsp3) is 0.357. The smallest absolute Gasteiger partial charge is 0.231 e. The van der Waals surface area contributed by atoms with Crippen molar-refractivity contribution in [2.45, 2.75) is 25.9 Å². The van der Waals surface area contributed by atoms with Crippen molar-refractivity contribution in [3.8, 4) is 6.07 Å². The molecule has 0 unspecified atom stereocenters. The van der Waals surface area contributed by atoms with Gasteiger partial charge in [-0.1, -0.05) is 17.3 Å². The van der Waals surface area contributed by atoms with Gasteiger partial charge in [-0.15, -0.1) is 0 Å². The quantitative estimate of drug-likeness (QED) is 0.841. The van der Waals surface area contributed by atoms with E-state index < -0.39 is 5.60 Å². The van der Waals surface area contributed by atoms with Crippen molar-refractivity contribution in [1.29, 1.82) is 5.26 Å². The third kappa shape index (κ3) is 2.98. The van der Waals surface area contributed by atoms with Gasteiger partial charge >= 0.3 is 0 Å². The topological polar surface area (TPSA) is 71.9 Å². The van der Waals surface area contributed by atoms with Crippen LogP contribution in [0.15, 0.2) is 28.8 Å². The molecular formula is C14H15N3O2. The average Bonchev–Trinajstić information content (AvgIpc) is 2.89. The molecule has 2 aromatic rings. The van der Waals surface area contributed by atoms with Crippen molar-refractivity contribution in [1.82, 2.24) is 10.1 Å². The molecule has 1 heterocycles. The van der Waals surface area contributed by atoms with Gasteiger partial charge in [0.1, 0.15) is 5.60 Å². The van der Waals surface area contributed by atoms with Crippen molar-refractivity contribution in [3.05, 3.63) is 47.1 Å². The van der Waals surface area contributed by atoms with Crippen LogP contribution in [0.25, 0.3) is 0 Å². The molecule has 1 aromatic heterocycles. The summed E-state index contributed by atoms with van der Waals surface area (Å²) in [6, 6.07) is 9.38. The monoisotopic (exact) mass is 257 g/mol. The Kier molecular flexibility index (Phi) is 3.63. The minimum atomic E-state index is -0.563. The number of hydrogen-bond donors (Lipinski definition) is 0. The maximum absolute atomic E-state index is 8.73. The van der Waals surface area contributed by atoms with Crippen LogP contribution in [0, 0.1) is 11.3 Å². The number of aromatic nitrogens is 2. The van der Waals surface area contributed by atoms with Crippen LogP contribution in [0.2, 0.25) is 0 Å². The van der Waals surface area contributed by atoms with Gasteiger partial charge in [0.15, 0.2) is 0 Å². The van der Waals surface area contributed by atoms with Gasteiger partial charge in [0.2, 0.25) is 11.7 Å². The highest BCUT2D eigenvalue weighted by molar-refractivity contribution is 5.32. The third-order valence-corrected chi connectivity index (χ3v) is 2.96. The number of ether oxygens (including phenoxy) is 1. The van der Waals surface area contributed by atoms with Crippen molar-refractivity contribution in [3.63, 3.8) is 0 Å². The molecular weight excluding hydrogens is 242 g/mol. The van der Waals surface area contributed by atoms with Gasteiger partial charge in [-0.2, -0.15) is 10.2 Å². The predicted octanol–water partition coefficient (Wildman–Crippen LogP) is 2.41. The Balaban J connectivity index is 2.14. The highest BCUT2D eigenvalue weighted by atomic mass is 16.5. The molecule has 0 atom stereocenters. The van der Waals surface area contributed by atoms with Crippen molar-refractivity contribution in [2.24, 2.45) is 0 Å². The Morgan fingerprint density at radius 1 is 1.32 bits per heavy atom. The van der Waals surface area contributed by atoms with E-state index in [-0.39, 0.29) is 0 Å². The zero-order valence-electron chi connectivity index (χ0n) is 11.2. The predicted molar refractivity (Wildman–Crippen MR) is 68.3 cm³/mol. The fourth-order valence-corrected chi connectivity index (χ4v) is 1.53. The van der Waals surface area contributed by atoms with Crippen LogP contribution in [0.1, 0.15) is 36.7 Å². The highest BCUT2D eigenvalue weighted by Gasteiger charge is 2.26. The lowest BCUT2D eigenvalue weighted by atomic mass is 10.1. The normalized spacial score (nSPS) is 11.3. The largest absolute Gasteiger partial charge is 0.371 e. The summed E-state index contributed by atoms with van der Waals surface area (Å²) in [6.45, 7) is 3.76. The molecule has 2 rings (SSSR count). The number of rotatable bonds is 4. The molecule has 19 heavy (non-hydrogen) atoms. The molecule has 0 aliphatic heterocycles. The fourth-order valence-electron chi connectivity index (χ4n) is 1.53. The van der Waals surface area contributed by atoms with Crippen LogP contribution in [-0.4, -0.2) is 17.3 Å². The Morgan fingerprint density at radius 2 is 2.00 bits per heavy atom. The molecule has 0 fully saturated rings. The molecule has 0 aliphatic carbocycles. The van der Waals surface area contributed by atoms with E-state index in [0.717, 1.165) is 5.56 Å². The Bertz CT molecular complexity index is 594. The van der Waals surface area contributed by atoms with Crippen LogP contribution in [-0.2, 0) is 16.8 Å². The first kappa shape index (κ1) is 13.2. The first-order valence-corrected chi connectivity index (χ1v) is 5.92. The molecule has 0 amide bonds. The Labute approximate surface area is 111 Å². The van der Waals surface area contributed by atoms with Gasteiger partial charge in [0, 0.05) is 7.11 Å². The summed E-state index contributed by atoms with van der Waals surface area (Å²) in [7, 11) is 1.61.